The van der Waals surface area contributed by atoms with Gasteiger partial charge < -0.3 is 5.32 Å². The molecule has 1 aliphatic carbocycles. The smallest absolute Gasteiger partial charge is 0.210 e. The van der Waals surface area contributed by atoms with E-state index in [1.54, 1.807) is 0 Å². The minimum Gasteiger partial charge on any atom is -0.325 e. The van der Waals surface area contributed by atoms with Gasteiger partial charge in [0.2, 0.25) is 5.96 Å². The lowest BCUT2D eigenvalue weighted by atomic mass is 10.1. The Hall–Kier alpha value is -1.55. The maximum absolute atomic E-state index is 5.45. The monoisotopic (exact) mass is 246 g/mol. The van der Waals surface area contributed by atoms with Crippen molar-refractivity contribution in [1.29, 1.82) is 0 Å². The predicted octanol–water partition coefficient (Wildman–Crippen LogP) is 2.42. The van der Waals surface area contributed by atoms with Gasteiger partial charge in [0.15, 0.2) is 0 Å². The molecule has 0 saturated heterocycles. The second-order valence-electron chi connectivity index (χ2n) is 4.78. The van der Waals surface area contributed by atoms with Gasteiger partial charge in [-0.1, -0.05) is 25.5 Å². The molecular formula is C14H22N4. The first-order valence-electron chi connectivity index (χ1n) is 6.72. The molecule has 0 aliphatic heterocycles. The van der Waals surface area contributed by atoms with Gasteiger partial charge in [-0.25, -0.2) is 10.8 Å². The van der Waals surface area contributed by atoms with Crippen LogP contribution in [0.15, 0.2) is 29.3 Å². The van der Waals surface area contributed by atoms with Crippen LogP contribution in [-0.4, -0.2) is 12.0 Å². The minimum absolute atomic E-state index is 0.451. The van der Waals surface area contributed by atoms with Gasteiger partial charge >= 0.3 is 0 Å². The standard InChI is InChI=1S/C14H22N4/c1-2-3-4-11-5-7-12(8-6-11)16-14(18-15)17-13-9-10-13/h5-8,13H,2-4,9-10,15H2,1H3,(H2,16,17,18). The first kappa shape index (κ1) is 12.9. The third kappa shape index (κ3) is 4.04. The zero-order chi connectivity index (χ0) is 12.8. The number of aryl methyl sites for hydroxylation is 1. The van der Waals surface area contributed by atoms with Gasteiger partial charge in [-0.15, -0.1) is 0 Å². The van der Waals surface area contributed by atoms with Gasteiger partial charge in [-0.05, 0) is 43.4 Å². The largest absolute Gasteiger partial charge is 0.325 e. The van der Waals surface area contributed by atoms with Crippen LogP contribution >= 0.6 is 0 Å². The van der Waals surface area contributed by atoms with Crippen molar-refractivity contribution in [3.63, 3.8) is 0 Å². The fraction of sp³-hybridized carbons (Fsp3) is 0.500. The van der Waals surface area contributed by atoms with Gasteiger partial charge in [-0.3, -0.25) is 5.43 Å². The van der Waals surface area contributed by atoms with E-state index in [-0.39, 0.29) is 0 Å². The van der Waals surface area contributed by atoms with Crippen LogP contribution in [0.25, 0.3) is 0 Å². The molecule has 1 saturated carbocycles. The molecule has 4 N–H and O–H groups in total. The Morgan fingerprint density at radius 1 is 1.33 bits per heavy atom. The summed E-state index contributed by atoms with van der Waals surface area (Å²) in [5, 5.41) is 3.20. The Bertz CT molecular complexity index is 393. The molecule has 2 rings (SSSR count). The number of nitrogens with one attached hydrogen (secondary N) is 2. The van der Waals surface area contributed by atoms with Crippen molar-refractivity contribution in [3.05, 3.63) is 29.8 Å². The molecule has 18 heavy (non-hydrogen) atoms. The van der Waals surface area contributed by atoms with Crippen molar-refractivity contribution in [1.82, 2.24) is 5.43 Å². The van der Waals surface area contributed by atoms with Crippen molar-refractivity contribution in [2.24, 2.45) is 10.8 Å². The van der Waals surface area contributed by atoms with Gasteiger partial charge in [0.05, 0.1) is 6.04 Å². The van der Waals surface area contributed by atoms with Gasteiger partial charge in [0, 0.05) is 5.69 Å². The number of aliphatic imine (C=N–C) groups is 1. The summed E-state index contributed by atoms with van der Waals surface area (Å²) in [6, 6.07) is 8.91. The highest BCUT2D eigenvalue weighted by atomic mass is 15.3. The summed E-state index contributed by atoms with van der Waals surface area (Å²) in [4.78, 5) is 4.44. The number of anilines is 1. The van der Waals surface area contributed by atoms with Crippen molar-refractivity contribution >= 4 is 11.6 Å². The average Bonchev–Trinajstić information content (AvgIpc) is 3.21. The number of nitrogens with zero attached hydrogens (tertiary/aromatic N) is 1. The molecule has 0 radical (unpaired) electrons. The fourth-order valence-electron chi connectivity index (χ4n) is 1.76. The quantitative estimate of drug-likeness (QED) is 0.323. The molecule has 1 aliphatic rings. The van der Waals surface area contributed by atoms with E-state index in [0.717, 1.165) is 12.1 Å². The lowest BCUT2D eigenvalue weighted by Gasteiger charge is -2.09. The minimum atomic E-state index is 0.451. The highest BCUT2D eigenvalue weighted by Gasteiger charge is 2.20. The van der Waals surface area contributed by atoms with Crippen LogP contribution in [0.2, 0.25) is 0 Å². The van der Waals surface area contributed by atoms with Crippen LogP contribution in [0.1, 0.15) is 38.2 Å². The molecule has 0 aromatic heterocycles. The summed E-state index contributed by atoms with van der Waals surface area (Å²) in [5.74, 6) is 6.10. The fourth-order valence-corrected chi connectivity index (χ4v) is 1.76. The summed E-state index contributed by atoms with van der Waals surface area (Å²) in [6.07, 6.45) is 5.96. The second-order valence-corrected chi connectivity index (χ2v) is 4.78. The molecule has 0 amide bonds. The van der Waals surface area contributed by atoms with E-state index in [0.29, 0.717) is 12.0 Å². The number of guanidine groups is 1. The molecule has 98 valence electrons. The molecule has 0 atom stereocenters. The molecule has 0 unspecified atom stereocenters. The van der Waals surface area contributed by atoms with Gasteiger partial charge in [0.1, 0.15) is 0 Å². The molecule has 0 bridgehead atoms. The summed E-state index contributed by atoms with van der Waals surface area (Å²) in [5.41, 5.74) is 5.01. The zero-order valence-electron chi connectivity index (χ0n) is 10.9. The molecule has 0 spiro atoms. The normalized spacial score (nSPS) is 15.6. The summed E-state index contributed by atoms with van der Waals surface area (Å²) in [7, 11) is 0. The SMILES string of the molecule is CCCCc1ccc(NC(=NC2CC2)NN)cc1. The third-order valence-electron chi connectivity index (χ3n) is 3.03. The number of benzene rings is 1. The molecular weight excluding hydrogens is 224 g/mol. The number of hydrazine groups is 1. The molecule has 0 heterocycles. The van der Waals surface area contributed by atoms with Crippen molar-refractivity contribution in [2.75, 3.05) is 5.32 Å². The zero-order valence-corrected chi connectivity index (χ0v) is 10.9. The van der Waals surface area contributed by atoms with Crippen LogP contribution in [0.4, 0.5) is 5.69 Å². The first-order valence-corrected chi connectivity index (χ1v) is 6.72. The lowest BCUT2D eigenvalue weighted by molar-refractivity contribution is 0.795. The number of unbranched alkanes of at least 4 members (excludes halogenated alkanes) is 1. The third-order valence-corrected chi connectivity index (χ3v) is 3.03. The second kappa shape index (κ2) is 6.40. The molecule has 4 heteroatoms. The Kier molecular flexibility index (Phi) is 4.59. The highest BCUT2D eigenvalue weighted by molar-refractivity contribution is 5.93. The predicted molar refractivity (Wildman–Crippen MR) is 76.5 cm³/mol. The number of rotatable bonds is 5. The van der Waals surface area contributed by atoms with Gasteiger partial charge in [0.25, 0.3) is 0 Å². The maximum atomic E-state index is 5.45. The van der Waals surface area contributed by atoms with Crippen molar-refractivity contribution in [2.45, 2.75) is 45.1 Å². The molecule has 1 aromatic rings. The Labute approximate surface area is 109 Å². The van der Waals surface area contributed by atoms with Crippen LogP contribution in [0.3, 0.4) is 0 Å². The number of nitrogens with two attached hydrogens (primary N) is 1. The van der Waals surface area contributed by atoms with E-state index in [4.69, 9.17) is 5.84 Å². The van der Waals surface area contributed by atoms with E-state index in [1.165, 1.54) is 31.2 Å². The van der Waals surface area contributed by atoms with Crippen LogP contribution < -0.4 is 16.6 Å². The average molecular weight is 246 g/mol. The van der Waals surface area contributed by atoms with Gasteiger partial charge in [-0.2, -0.15) is 0 Å². The van der Waals surface area contributed by atoms with E-state index < -0.39 is 0 Å². The van der Waals surface area contributed by atoms with Crippen LogP contribution in [0.5, 0.6) is 0 Å². The maximum Gasteiger partial charge on any atom is 0.210 e. The summed E-state index contributed by atoms with van der Waals surface area (Å²) in [6.45, 7) is 2.21. The summed E-state index contributed by atoms with van der Waals surface area (Å²) < 4.78 is 0. The van der Waals surface area contributed by atoms with E-state index in [9.17, 15) is 0 Å². The Balaban J connectivity index is 1.92. The van der Waals surface area contributed by atoms with Crippen LogP contribution in [0, 0.1) is 0 Å². The van der Waals surface area contributed by atoms with Crippen molar-refractivity contribution in [3.8, 4) is 0 Å². The number of hydrogen-bond acceptors (Lipinski definition) is 2. The number of hydrogen-bond donors (Lipinski definition) is 3. The summed E-state index contributed by atoms with van der Waals surface area (Å²) >= 11 is 0. The lowest BCUT2D eigenvalue weighted by Crippen LogP contribution is -2.36. The Morgan fingerprint density at radius 2 is 2.06 bits per heavy atom. The van der Waals surface area contributed by atoms with Crippen LogP contribution in [-0.2, 0) is 6.42 Å². The Morgan fingerprint density at radius 3 is 2.61 bits per heavy atom. The topological polar surface area (TPSA) is 62.4 Å². The first-order chi connectivity index (χ1) is 8.81. The molecule has 4 nitrogen and oxygen atoms in total. The van der Waals surface area contributed by atoms with E-state index >= 15 is 0 Å². The molecule has 1 fully saturated rings. The van der Waals surface area contributed by atoms with E-state index in [1.807, 2.05) is 0 Å². The molecule has 1 aromatic carbocycles. The highest BCUT2D eigenvalue weighted by Crippen LogP contribution is 2.23. The van der Waals surface area contributed by atoms with Crippen molar-refractivity contribution < 1.29 is 0 Å². The van der Waals surface area contributed by atoms with E-state index in [2.05, 4.69) is 46.9 Å².